The summed E-state index contributed by atoms with van der Waals surface area (Å²) in [5.74, 6) is 0. The van der Waals surface area contributed by atoms with Gasteiger partial charge >= 0.3 is 0 Å². The molecule has 0 amide bonds. The highest BCUT2D eigenvalue weighted by atomic mass is 15.0. The Morgan fingerprint density at radius 2 is 1.83 bits per heavy atom. The van der Waals surface area contributed by atoms with Crippen LogP contribution in [0.4, 0.5) is 0 Å². The van der Waals surface area contributed by atoms with Crippen molar-refractivity contribution in [3.63, 3.8) is 0 Å². The number of rotatable bonds is 0. The molecule has 1 atom stereocenters. The molecule has 4 aromatic rings. The summed E-state index contributed by atoms with van der Waals surface area (Å²) in [5.41, 5.74) is 0.0656. The van der Waals surface area contributed by atoms with Crippen LogP contribution >= 0.6 is 0 Å². The molecular formula is C22H22N2. The lowest BCUT2D eigenvalue weighted by atomic mass is 9.60. The predicted molar refractivity (Wildman–Crippen MR) is 101 cm³/mol. The third-order valence-corrected chi connectivity index (χ3v) is 5.94. The molecule has 1 aliphatic heterocycles. The van der Waals surface area contributed by atoms with Gasteiger partial charge in [0.15, 0.2) is 0 Å². The van der Waals surface area contributed by atoms with Crippen molar-refractivity contribution >= 4 is 27.3 Å². The fraction of sp³-hybridized carbons (Fsp3) is 0.318. The number of aromatic nitrogens is 2. The molecule has 0 aliphatic carbocycles. The summed E-state index contributed by atoms with van der Waals surface area (Å²) < 4.78 is 60.1. The van der Waals surface area contributed by atoms with Crippen molar-refractivity contribution in [2.75, 3.05) is 0 Å². The van der Waals surface area contributed by atoms with Gasteiger partial charge in [-0.05, 0) is 23.4 Å². The van der Waals surface area contributed by atoms with E-state index in [1.54, 1.807) is 23.5 Å². The molecule has 1 aliphatic rings. The Morgan fingerprint density at radius 3 is 2.58 bits per heavy atom. The van der Waals surface area contributed by atoms with Crippen LogP contribution in [0.2, 0.25) is 0 Å². The molecular weight excluding hydrogens is 292 g/mol. The zero-order valence-electron chi connectivity index (χ0n) is 20.9. The minimum Gasteiger partial charge on any atom is -0.295 e. The monoisotopic (exact) mass is 321 g/mol. The Kier molecular flexibility index (Phi) is 1.44. The van der Waals surface area contributed by atoms with Gasteiger partial charge in [0.25, 0.3) is 0 Å². The summed E-state index contributed by atoms with van der Waals surface area (Å²) in [6, 6.07) is 10.7. The first-order chi connectivity index (χ1) is 14.2. The Morgan fingerprint density at radius 1 is 1.04 bits per heavy atom. The van der Waals surface area contributed by atoms with E-state index in [9.17, 15) is 0 Å². The largest absolute Gasteiger partial charge is 0.295 e. The van der Waals surface area contributed by atoms with Crippen molar-refractivity contribution in [2.45, 2.75) is 45.3 Å². The molecule has 0 saturated heterocycles. The van der Waals surface area contributed by atoms with Crippen LogP contribution in [0.5, 0.6) is 0 Å². The summed E-state index contributed by atoms with van der Waals surface area (Å²) in [4.78, 5) is 4.50. The molecule has 1 unspecified atom stereocenters. The third kappa shape index (κ3) is 1.33. The molecule has 2 aromatic carbocycles. The first-order valence-electron chi connectivity index (χ1n) is 11.6. The van der Waals surface area contributed by atoms with E-state index >= 15 is 0 Å². The summed E-state index contributed by atoms with van der Waals surface area (Å²) in [5, 5.41) is 2.01. The van der Waals surface area contributed by atoms with E-state index in [1.807, 2.05) is 38.1 Å². The van der Waals surface area contributed by atoms with Gasteiger partial charge in [-0.3, -0.25) is 4.40 Å². The normalized spacial score (nSPS) is 27.4. The lowest BCUT2D eigenvalue weighted by Gasteiger charge is -2.46. The molecule has 5 rings (SSSR count). The second kappa shape index (κ2) is 4.00. The summed E-state index contributed by atoms with van der Waals surface area (Å²) in [6.45, 7) is 0.623. The van der Waals surface area contributed by atoms with Crippen molar-refractivity contribution in [2.24, 2.45) is 0 Å². The van der Waals surface area contributed by atoms with Crippen LogP contribution in [0.15, 0.2) is 42.6 Å². The predicted octanol–water partition coefficient (Wildman–Crippen LogP) is 5.52. The SMILES string of the molecule is [2H]c1nc2c3ccccc3c3c(C([2H])([2H])[2H])ccc4c3n2c1C(C)(C([2H])([2H])[2H])C4(C)C. The van der Waals surface area contributed by atoms with Crippen LogP contribution < -0.4 is 0 Å². The Hall–Kier alpha value is -2.35. The van der Waals surface area contributed by atoms with E-state index in [-0.39, 0.29) is 11.7 Å². The minimum absolute atomic E-state index is 0.0886. The second-order valence-corrected chi connectivity index (χ2v) is 7.41. The Bertz CT molecular complexity index is 1410. The lowest BCUT2D eigenvalue weighted by molar-refractivity contribution is 0.288. The highest BCUT2D eigenvalue weighted by Crippen LogP contribution is 2.51. The molecule has 0 spiro atoms. The van der Waals surface area contributed by atoms with Gasteiger partial charge < -0.3 is 0 Å². The number of aryl methyl sites for hydroxylation is 1. The molecule has 0 fully saturated rings. The molecule has 120 valence electrons. The van der Waals surface area contributed by atoms with Crippen LogP contribution in [-0.2, 0) is 10.8 Å². The number of imidazole rings is 1. The van der Waals surface area contributed by atoms with E-state index in [2.05, 4.69) is 4.98 Å². The van der Waals surface area contributed by atoms with Crippen molar-refractivity contribution in [1.82, 2.24) is 9.38 Å². The van der Waals surface area contributed by atoms with Gasteiger partial charge in [-0.1, -0.05) is 64.0 Å². The van der Waals surface area contributed by atoms with Crippen LogP contribution in [0.3, 0.4) is 0 Å². The number of fused-ring (bicyclic) bond motifs is 3. The minimum atomic E-state index is -2.42. The van der Waals surface area contributed by atoms with Gasteiger partial charge in [0.1, 0.15) is 5.65 Å². The van der Waals surface area contributed by atoms with Crippen molar-refractivity contribution in [1.29, 1.82) is 0 Å². The Labute approximate surface area is 152 Å². The van der Waals surface area contributed by atoms with E-state index in [4.69, 9.17) is 9.60 Å². The number of pyridine rings is 1. The zero-order chi connectivity index (χ0) is 22.7. The molecule has 0 N–H and O–H groups in total. The smallest absolute Gasteiger partial charge is 0.145 e. The molecule has 24 heavy (non-hydrogen) atoms. The summed E-state index contributed by atoms with van der Waals surface area (Å²) >= 11 is 0. The summed E-state index contributed by atoms with van der Waals surface area (Å²) in [6.07, 6.45) is -0.0886. The average molecular weight is 321 g/mol. The lowest BCUT2D eigenvalue weighted by Crippen LogP contribution is -2.44. The van der Waals surface area contributed by atoms with E-state index in [0.717, 1.165) is 10.9 Å². The van der Waals surface area contributed by atoms with Gasteiger partial charge in [-0.15, -0.1) is 0 Å². The maximum atomic E-state index is 8.67. The fourth-order valence-electron chi connectivity index (χ4n) is 4.11. The van der Waals surface area contributed by atoms with Gasteiger partial charge in [-0.2, -0.15) is 0 Å². The van der Waals surface area contributed by atoms with Crippen molar-refractivity contribution in [3.05, 3.63) is 59.4 Å². The third-order valence-electron chi connectivity index (χ3n) is 5.94. The second-order valence-electron chi connectivity index (χ2n) is 7.41. The molecule has 0 radical (unpaired) electrons. The quantitative estimate of drug-likeness (QED) is 0.390. The van der Waals surface area contributed by atoms with Crippen LogP contribution in [0, 0.1) is 6.85 Å². The number of benzene rings is 2. The standard InChI is InChI=1S/C22H22N2/c1-13-10-11-16-19-18(13)14-8-6-7-9-15(14)20-23-12-17(24(19)20)22(4,5)21(16,2)3/h6-12H,1-5H3/i1D3,4D3,12D. The fourth-order valence-corrected chi connectivity index (χ4v) is 4.11. The first-order valence-corrected chi connectivity index (χ1v) is 8.11. The van der Waals surface area contributed by atoms with Crippen LogP contribution in [-0.4, -0.2) is 9.38 Å². The van der Waals surface area contributed by atoms with Gasteiger partial charge in [0.05, 0.1) is 6.89 Å². The van der Waals surface area contributed by atoms with Crippen molar-refractivity contribution < 1.29 is 9.60 Å². The number of nitrogens with zero attached hydrogens (tertiary/aromatic N) is 2. The van der Waals surface area contributed by atoms with E-state index in [0.29, 0.717) is 27.6 Å². The highest BCUT2D eigenvalue weighted by molar-refractivity contribution is 6.14. The van der Waals surface area contributed by atoms with Gasteiger partial charge in [-0.25, -0.2) is 4.98 Å². The molecule has 0 saturated carbocycles. The van der Waals surface area contributed by atoms with Crippen LogP contribution in [0.1, 0.15) is 54.0 Å². The Balaban J connectivity index is 2.20. The average Bonchev–Trinajstić information content (AvgIpc) is 3.01. The molecule has 2 aromatic heterocycles. The van der Waals surface area contributed by atoms with Gasteiger partial charge in [0, 0.05) is 41.7 Å². The van der Waals surface area contributed by atoms with Crippen LogP contribution in [0.25, 0.3) is 27.3 Å². The highest BCUT2D eigenvalue weighted by Gasteiger charge is 2.46. The number of hydrogen-bond donors (Lipinski definition) is 0. The van der Waals surface area contributed by atoms with Crippen molar-refractivity contribution in [3.8, 4) is 0 Å². The molecule has 2 nitrogen and oxygen atoms in total. The summed E-state index contributed by atoms with van der Waals surface area (Å²) in [7, 11) is 0. The first kappa shape index (κ1) is 8.66. The molecule has 2 heteroatoms. The van der Waals surface area contributed by atoms with E-state index in [1.165, 1.54) is 0 Å². The molecule has 3 heterocycles. The topological polar surface area (TPSA) is 17.3 Å². The number of hydrogen-bond acceptors (Lipinski definition) is 1. The van der Waals surface area contributed by atoms with Gasteiger partial charge in [0.2, 0.25) is 0 Å². The maximum absolute atomic E-state index is 8.67. The van der Waals surface area contributed by atoms with E-state index < -0.39 is 24.5 Å². The molecule has 0 bridgehead atoms. The maximum Gasteiger partial charge on any atom is 0.145 e. The zero-order valence-corrected chi connectivity index (χ0v) is 13.9.